The lowest BCUT2D eigenvalue weighted by atomic mass is 10.1. The second kappa shape index (κ2) is 6.27. The van der Waals surface area contributed by atoms with Crippen molar-refractivity contribution in [2.24, 2.45) is 0 Å². The second-order valence-electron chi connectivity index (χ2n) is 4.43. The van der Waals surface area contributed by atoms with Crippen LogP contribution in [0.15, 0.2) is 12.1 Å². The Morgan fingerprint density at radius 1 is 1.39 bits per heavy atom. The molecule has 0 bridgehead atoms. The molecule has 1 heterocycles. The van der Waals surface area contributed by atoms with Gasteiger partial charge in [-0.25, -0.2) is 0 Å². The van der Waals surface area contributed by atoms with Crippen LogP contribution in [0.4, 0.5) is 0 Å². The van der Waals surface area contributed by atoms with E-state index in [-0.39, 0.29) is 5.75 Å². The number of ether oxygens (including phenoxy) is 1. The van der Waals surface area contributed by atoms with Gasteiger partial charge in [-0.05, 0) is 18.1 Å². The van der Waals surface area contributed by atoms with Gasteiger partial charge in [0.2, 0.25) is 0 Å². The number of benzene rings is 1. The number of halogens is 1. The smallest absolute Gasteiger partial charge is 0.177 e. The van der Waals surface area contributed by atoms with E-state index in [0.717, 1.165) is 44.7 Å². The molecule has 0 atom stereocenters. The number of piperazine rings is 1. The standard InChI is InChI=1S/C13H19ClN2O2/c1-18-13-10(2-3-11(14)12(13)17)4-7-16-8-5-15-6-9-16/h2-3,15,17H,4-9H2,1H3. The van der Waals surface area contributed by atoms with E-state index < -0.39 is 0 Å². The molecule has 0 spiro atoms. The monoisotopic (exact) mass is 270 g/mol. The summed E-state index contributed by atoms with van der Waals surface area (Å²) in [5.74, 6) is 0.537. The van der Waals surface area contributed by atoms with Crippen molar-refractivity contribution in [2.45, 2.75) is 6.42 Å². The van der Waals surface area contributed by atoms with Crippen LogP contribution in [-0.2, 0) is 6.42 Å². The number of nitrogens with one attached hydrogen (secondary N) is 1. The minimum atomic E-state index is 0.0389. The van der Waals surface area contributed by atoms with Crippen molar-refractivity contribution in [3.63, 3.8) is 0 Å². The summed E-state index contributed by atoms with van der Waals surface area (Å²) in [7, 11) is 1.56. The lowest BCUT2D eigenvalue weighted by Crippen LogP contribution is -2.44. The van der Waals surface area contributed by atoms with Crippen LogP contribution in [0.2, 0.25) is 5.02 Å². The molecule has 100 valence electrons. The molecule has 2 rings (SSSR count). The highest BCUT2D eigenvalue weighted by atomic mass is 35.5. The predicted molar refractivity (Wildman–Crippen MR) is 72.7 cm³/mol. The van der Waals surface area contributed by atoms with Crippen molar-refractivity contribution >= 4 is 11.6 Å². The van der Waals surface area contributed by atoms with Crippen molar-refractivity contribution in [3.8, 4) is 11.5 Å². The van der Waals surface area contributed by atoms with E-state index in [1.807, 2.05) is 6.07 Å². The van der Waals surface area contributed by atoms with Crippen molar-refractivity contribution < 1.29 is 9.84 Å². The third-order valence-electron chi connectivity index (χ3n) is 3.27. The van der Waals surface area contributed by atoms with E-state index in [4.69, 9.17) is 16.3 Å². The van der Waals surface area contributed by atoms with Crippen molar-refractivity contribution in [3.05, 3.63) is 22.7 Å². The largest absolute Gasteiger partial charge is 0.503 e. The summed E-state index contributed by atoms with van der Waals surface area (Å²) in [5, 5.41) is 13.5. The first-order valence-electron chi connectivity index (χ1n) is 6.19. The first-order chi connectivity index (χ1) is 8.72. The number of rotatable bonds is 4. The third kappa shape index (κ3) is 3.07. The third-order valence-corrected chi connectivity index (χ3v) is 3.58. The Kier molecular flexibility index (Phi) is 4.69. The molecule has 0 unspecified atom stereocenters. The van der Waals surface area contributed by atoms with Crippen LogP contribution < -0.4 is 10.1 Å². The van der Waals surface area contributed by atoms with Crippen LogP contribution in [0.5, 0.6) is 11.5 Å². The number of phenols is 1. The van der Waals surface area contributed by atoms with E-state index >= 15 is 0 Å². The molecule has 4 nitrogen and oxygen atoms in total. The van der Waals surface area contributed by atoms with Gasteiger partial charge in [0, 0.05) is 32.7 Å². The number of hydrogen-bond acceptors (Lipinski definition) is 4. The van der Waals surface area contributed by atoms with E-state index in [2.05, 4.69) is 10.2 Å². The Balaban J connectivity index is 2.02. The Morgan fingerprint density at radius 2 is 2.11 bits per heavy atom. The second-order valence-corrected chi connectivity index (χ2v) is 4.84. The van der Waals surface area contributed by atoms with Gasteiger partial charge in [-0.2, -0.15) is 0 Å². The summed E-state index contributed by atoms with van der Waals surface area (Å²) in [5.41, 5.74) is 0.998. The topological polar surface area (TPSA) is 44.7 Å². The van der Waals surface area contributed by atoms with Gasteiger partial charge in [-0.15, -0.1) is 0 Å². The Morgan fingerprint density at radius 3 is 2.78 bits per heavy atom. The molecular formula is C13H19ClN2O2. The van der Waals surface area contributed by atoms with E-state index in [1.54, 1.807) is 13.2 Å². The summed E-state index contributed by atoms with van der Waals surface area (Å²) in [4.78, 5) is 2.40. The zero-order valence-electron chi connectivity index (χ0n) is 10.6. The summed E-state index contributed by atoms with van der Waals surface area (Å²) in [6.45, 7) is 5.20. The molecule has 2 N–H and O–H groups in total. The minimum absolute atomic E-state index is 0.0389. The molecular weight excluding hydrogens is 252 g/mol. The van der Waals surface area contributed by atoms with E-state index in [1.165, 1.54) is 0 Å². The molecule has 0 amide bonds. The number of methoxy groups -OCH3 is 1. The van der Waals surface area contributed by atoms with Crippen molar-refractivity contribution in [1.82, 2.24) is 10.2 Å². The van der Waals surface area contributed by atoms with Crippen molar-refractivity contribution in [2.75, 3.05) is 39.8 Å². The van der Waals surface area contributed by atoms with Crippen LogP contribution in [-0.4, -0.2) is 49.8 Å². The lowest BCUT2D eigenvalue weighted by Gasteiger charge is -2.27. The van der Waals surface area contributed by atoms with E-state index in [9.17, 15) is 5.11 Å². The molecule has 1 aromatic carbocycles. The number of nitrogens with zero attached hydrogens (tertiary/aromatic N) is 1. The maximum absolute atomic E-state index is 9.83. The molecule has 0 aliphatic carbocycles. The molecule has 1 aromatic rings. The SMILES string of the molecule is COc1c(CCN2CCNCC2)ccc(Cl)c1O. The van der Waals surface area contributed by atoms with Gasteiger partial charge in [-0.3, -0.25) is 0 Å². The summed E-state index contributed by atoms with van der Waals surface area (Å²) in [6, 6.07) is 3.63. The van der Waals surface area contributed by atoms with Gasteiger partial charge in [-0.1, -0.05) is 17.7 Å². The predicted octanol–water partition coefficient (Wildman–Crippen LogP) is 1.50. The fraction of sp³-hybridized carbons (Fsp3) is 0.538. The first-order valence-corrected chi connectivity index (χ1v) is 6.57. The van der Waals surface area contributed by atoms with Gasteiger partial charge >= 0.3 is 0 Å². The average Bonchev–Trinajstić information content (AvgIpc) is 2.41. The molecule has 1 saturated heterocycles. The number of aromatic hydroxyl groups is 1. The van der Waals surface area contributed by atoms with Gasteiger partial charge in [0.25, 0.3) is 0 Å². The number of phenolic OH excluding ortho intramolecular Hbond substituents is 1. The lowest BCUT2D eigenvalue weighted by molar-refractivity contribution is 0.243. The molecule has 1 aliphatic heterocycles. The van der Waals surface area contributed by atoms with E-state index in [0.29, 0.717) is 10.8 Å². The van der Waals surface area contributed by atoms with Crippen LogP contribution in [0, 0.1) is 0 Å². The van der Waals surface area contributed by atoms with Crippen molar-refractivity contribution in [1.29, 1.82) is 0 Å². The zero-order valence-corrected chi connectivity index (χ0v) is 11.3. The number of hydrogen-bond donors (Lipinski definition) is 2. The molecule has 0 aromatic heterocycles. The fourth-order valence-electron chi connectivity index (χ4n) is 2.23. The zero-order chi connectivity index (χ0) is 13.0. The fourth-order valence-corrected chi connectivity index (χ4v) is 2.38. The highest BCUT2D eigenvalue weighted by Gasteiger charge is 2.14. The summed E-state index contributed by atoms with van der Waals surface area (Å²) < 4.78 is 5.23. The average molecular weight is 271 g/mol. The van der Waals surface area contributed by atoms with Gasteiger partial charge in [0.1, 0.15) is 0 Å². The maximum Gasteiger partial charge on any atom is 0.177 e. The minimum Gasteiger partial charge on any atom is -0.503 e. The quantitative estimate of drug-likeness (QED) is 0.870. The molecule has 0 saturated carbocycles. The molecule has 1 aliphatic rings. The van der Waals surface area contributed by atoms with Gasteiger partial charge in [0.15, 0.2) is 11.5 Å². The Hall–Kier alpha value is -0.970. The van der Waals surface area contributed by atoms with Gasteiger partial charge in [0.05, 0.1) is 12.1 Å². The highest BCUT2D eigenvalue weighted by Crippen LogP contribution is 2.36. The molecule has 1 fully saturated rings. The molecule has 5 heteroatoms. The Bertz CT molecular complexity index is 406. The highest BCUT2D eigenvalue weighted by molar-refractivity contribution is 6.32. The van der Waals surface area contributed by atoms with Crippen LogP contribution in [0.3, 0.4) is 0 Å². The van der Waals surface area contributed by atoms with Crippen LogP contribution in [0.1, 0.15) is 5.56 Å². The molecule has 0 radical (unpaired) electrons. The normalized spacial score (nSPS) is 16.8. The molecule has 18 heavy (non-hydrogen) atoms. The summed E-state index contributed by atoms with van der Waals surface area (Å²) in [6.07, 6.45) is 0.855. The van der Waals surface area contributed by atoms with Gasteiger partial charge < -0.3 is 20.1 Å². The Labute approximate surface area is 113 Å². The van der Waals surface area contributed by atoms with Crippen LogP contribution >= 0.6 is 11.6 Å². The first kappa shape index (κ1) is 13.5. The summed E-state index contributed by atoms with van der Waals surface area (Å²) >= 11 is 5.86. The maximum atomic E-state index is 9.83. The van der Waals surface area contributed by atoms with Crippen LogP contribution in [0.25, 0.3) is 0 Å².